The summed E-state index contributed by atoms with van der Waals surface area (Å²) in [7, 11) is 0. The largest absolute Gasteiger partial charge is 0.377 e. The second kappa shape index (κ2) is 6.06. The normalized spacial score (nSPS) is 11.5. The highest BCUT2D eigenvalue weighted by molar-refractivity contribution is 5.58. The molecule has 0 spiro atoms. The Balaban J connectivity index is 2.29. The van der Waals surface area contributed by atoms with Gasteiger partial charge in [0.25, 0.3) is 5.69 Å². The van der Waals surface area contributed by atoms with Crippen molar-refractivity contribution in [3.05, 3.63) is 69.3 Å². The van der Waals surface area contributed by atoms with Crippen LogP contribution in [0.2, 0.25) is 0 Å². The van der Waals surface area contributed by atoms with Crippen molar-refractivity contribution >= 4 is 11.4 Å². The van der Waals surface area contributed by atoms with Gasteiger partial charge in [-0.3, -0.25) is 10.1 Å². The van der Waals surface area contributed by atoms with Gasteiger partial charge < -0.3 is 5.32 Å². The fraction of sp³-hybridized carbons (Fsp3) is 0.188. The number of aryl methyl sites for hydroxylation is 1. The van der Waals surface area contributed by atoms with Crippen molar-refractivity contribution in [3.8, 4) is 6.07 Å². The summed E-state index contributed by atoms with van der Waals surface area (Å²) < 4.78 is 0. The highest BCUT2D eigenvalue weighted by atomic mass is 16.6. The smallest absolute Gasteiger partial charge is 0.272 e. The van der Waals surface area contributed by atoms with Crippen LogP contribution in [0.4, 0.5) is 11.4 Å². The van der Waals surface area contributed by atoms with Crippen LogP contribution in [0.3, 0.4) is 0 Å². The van der Waals surface area contributed by atoms with Gasteiger partial charge in [-0.15, -0.1) is 0 Å². The van der Waals surface area contributed by atoms with E-state index in [0.29, 0.717) is 11.1 Å². The van der Waals surface area contributed by atoms with E-state index >= 15 is 0 Å². The number of nitrogens with zero attached hydrogens (tertiary/aromatic N) is 2. The van der Waals surface area contributed by atoms with Gasteiger partial charge in [0.15, 0.2) is 0 Å². The van der Waals surface area contributed by atoms with E-state index in [-0.39, 0.29) is 16.7 Å². The first-order valence-electron chi connectivity index (χ1n) is 6.53. The monoisotopic (exact) mass is 281 g/mol. The van der Waals surface area contributed by atoms with Crippen molar-refractivity contribution in [2.45, 2.75) is 19.9 Å². The molecule has 0 bridgehead atoms. The van der Waals surface area contributed by atoms with Crippen LogP contribution in [0.5, 0.6) is 0 Å². The molecule has 0 aromatic heterocycles. The average Bonchev–Trinajstić information content (AvgIpc) is 2.47. The lowest BCUT2D eigenvalue weighted by Gasteiger charge is -2.16. The van der Waals surface area contributed by atoms with Crippen LogP contribution in [0, 0.1) is 28.4 Å². The summed E-state index contributed by atoms with van der Waals surface area (Å²) in [5.41, 5.74) is 2.81. The Kier molecular flexibility index (Phi) is 4.19. The van der Waals surface area contributed by atoms with Crippen LogP contribution in [-0.4, -0.2) is 4.92 Å². The van der Waals surface area contributed by atoms with Crippen LogP contribution in [0.1, 0.15) is 29.7 Å². The zero-order chi connectivity index (χ0) is 15.4. The minimum atomic E-state index is -0.380. The molecule has 2 rings (SSSR count). The van der Waals surface area contributed by atoms with Crippen LogP contribution in [0.15, 0.2) is 42.5 Å². The Morgan fingerprint density at radius 1 is 1.29 bits per heavy atom. The van der Waals surface area contributed by atoms with E-state index in [1.54, 1.807) is 31.2 Å². The molecule has 0 saturated heterocycles. The van der Waals surface area contributed by atoms with Crippen molar-refractivity contribution in [1.29, 1.82) is 5.26 Å². The van der Waals surface area contributed by atoms with E-state index in [2.05, 4.69) is 11.4 Å². The molecule has 0 aliphatic heterocycles. The minimum Gasteiger partial charge on any atom is -0.377 e. The van der Waals surface area contributed by atoms with Crippen molar-refractivity contribution in [2.75, 3.05) is 5.32 Å². The quantitative estimate of drug-likeness (QED) is 0.679. The lowest BCUT2D eigenvalue weighted by Crippen LogP contribution is -2.08. The predicted octanol–water partition coefficient (Wildman–Crippen LogP) is 3.95. The first-order valence-corrected chi connectivity index (χ1v) is 6.53. The molecule has 0 heterocycles. The highest BCUT2D eigenvalue weighted by Crippen LogP contribution is 2.26. The van der Waals surface area contributed by atoms with E-state index in [1.807, 2.05) is 25.1 Å². The molecule has 1 atom stereocenters. The van der Waals surface area contributed by atoms with E-state index < -0.39 is 0 Å². The molecule has 2 aromatic rings. The molecule has 2 aromatic carbocycles. The molecule has 5 nitrogen and oxygen atoms in total. The molecule has 0 saturated carbocycles. The molecular formula is C16H15N3O2. The maximum absolute atomic E-state index is 11.0. The minimum absolute atomic E-state index is 0.106. The lowest BCUT2D eigenvalue weighted by molar-refractivity contribution is -0.385. The van der Waals surface area contributed by atoms with Gasteiger partial charge in [-0.25, -0.2) is 0 Å². The van der Waals surface area contributed by atoms with Crippen LogP contribution < -0.4 is 5.32 Å². The van der Waals surface area contributed by atoms with Gasteiger partial charge >= 0.3 is 0 Å². The Morgan fingerprint density at radius 3 is 2.67 bits per heavy atom. The summed E-state index contributed by atoms with van der Waals surface area (Å²) in [6, 6.07) is 14.3. The van der Waals surface area contributed by atoms with E-state index in [9.17, 15) is 10.1 Å². The van der Waals surface area contributed by atoms with Gasteiger partial charge in [0.1, 0.15) is 6.07 Å². The van der Waals surface area contributed by atoms with Crippen LogP contribution in [-0.2, 0) is 0 Å². The Hall–Kier alpha value is -2.87. The number of nitriles is 1. The Morgan fingerprint density at radius 2 is 2.00 bits per heavy atom. The summed E-state index contributed by atoms with van der Waals surface area (Å²) >= 11 is 0. The zero-order valence-corrected chi connectivity index (χ0v) is 11.8. The molecule has 1 N–H and O–H groups in total. The van der Waals surface area contributed by atoms with Crippen molar-refractivity contribution < 1.29 is 4.92 Å². The fourth-order valence-electron chi connectivity index (χ4n) is 2.12. The number of para-hydroxylation sites is 1. The molecule has 0 fully saturated rings. The SMILES string of the molecule is Cc1ccc(C(C)Nc2ccccc2C#N)cc1[N+](=O)[O-]. The number of hydrogen-bond donors (Lipinski definition) is 1. The highest BCUT2D eigenvalue weighted by Gasteiger charge is 2.15. The number of hydrogen-bond acceptors (Lipinski definition) is 4. The molecule has 106 valence electrons. The average molecular weight is 281 g/mol. The molecule has 5 heteroatoms. The summed E-state index contributed by atoms with van der Waals surface area (Å²) in [6.45, 7) is 3.62. The predicted molar refractivity (Wildman–Crippen MR) is 81.0 cm³/mol. The maximum atomic E-state index is 11.0. The number of nitro groups is 1. The van der Waals surface area contributed by atoms with Crippen LogP contribution in [0.25, 0.3) is 0 Å². The summed E-state index contributed by atoms with van der Waals surface area (Å²) in [5, 5.41) is 23.3. The molecule has 0 aliphatic rings. The Bertz CT molecular complexity index is 720. The molecule has 0 amide bonds. The molecule has 0 radical (unpaired) electrons. The van der Waals surface area contributed by atoms with Gasteiger partial charge in [0, 0.05) is 17.7 Å². The second-order valence-corrected chi connectivity index (χ2v) is 4.83. The molecule has 1 unspecified atom stereocenters. The van der Waals surface area contributed by atoms with Gasteiger partial charge in [-0.2, -0.15) is 5.26 Å². The van der Waals surface area contributed by atoms with E-state index in [0.717, 1.165) is 11.3 Å². The topological polar surface area (TPSA) is 79.0 Å². The maximum Gasteiger partial charge on any atom is 0.272 e. The lowest BCUT2D eigenvalue weighted by atomic mass is 10.0. The first-order chi connectivity index (χ1) is 10.0. The van der Waals surface area contributed by atoms with Crippen molar-refractivity contribution in [2.24, 2.45) is 0 Å². The van der Waals surface area contributed by atoms with Crippen molar-refractivity contribution in [1.82, 2.24) is 0 Å². The van der Waals surface area contributed by atoms with Gasteiger partial charge in [0.05, 0.1) is 16.2 Å². The number of nitrogens with one attached hydrogen (secondary N) is 1. The number of anilines is 1. The fourth-order valence-corrected chi connectivity index (χ4v) is 2.12. The molecular weight excluding hydrogens is 266 g/mol. The first kappa shape index (κ1) is 14.5. The van der Waals surface area contributed by atoms with Gasteiger partial charge in [0.2, 0.25) is 0 Å². The third-order valence-electron chi connectivity index (χ3n) is 3.35. The summed E-state index contributed by atoms with van der Waals surface area (Å²) in [5.74, 6) is 0. The summed E-state index contributed by atoms with van der Waals surface area (Å²) in [4.78, 5) is 10.6. The third kappa shape index (κ3) is 3.18. The zero-order valence-electron chi connectivity index (χ0n) is 11.8. The number of rotatable bonds is 4. The molecule has 21 heavy (non-hydrogen) atoms. The standard InChI is InChI=1S/C16H15N3O2/c1-11-7-8-13(9-16(11)19(20)21)12(2)18-15-6-4-3-5-14(15)10-17/h3-9,12,18H,1-2H3. The summed E-state index contributed by atoms with van der Waals surface area (Å²) in [6.07, 6.45) is 0. The van der Waals surface area contributed by atoms with E-state index in [4.69, 9.17) is 5.26 Å². The number of benzene rings is 2. The van der Waals surface area contributed by atoms with Gasteiger partial charge in [-0.05, 0) is 31.5 Å². The second-order valence-electron chi connectivity index (χ2n) is 4.83. The van der Waals surface area contributed by atoms with E-state index in [1.165, 1.54) is 0 Å². The Labute approximate surface area is 123 Å². The molecule has 0 aliphatic carbocycles. The van der Waals surface area contributed by atoms with Crippen molar-refractivity contribution in [3.63, 3.8) is 0 Å². The van der Waals surface area contributed by atoms with Gasteiger partial charge in [-0.1, -0.05) is 24.3 Å². The number of nitro benzene ring substituents is 1. The van der Waals surface area contributed by atoms with Crippen LogP contribution >= 0.6 is 0 Å². The third-order valence-corrected chi connectivity index (χ3v) is 3.35.